The summed E-state index contributed by atoms with van der Waals surface area (Å²) in [6.07, 6.45) is 2.21. The highest BCUT2D eigenvalue weighted by Crippen LogP contribution is 2.29. The number of nitrogens with one attached hydrogen (secondary N) is 1. The van der Waals surface area contributed by atoms with Gasteiger partial charge in [-0.15, -0.1) is 0 Å². The van der Waals surface area contributed by atoms with Crippen molar-refractivity contribution in [2.45, 2.75) is 26.3 Å². The Morgan fingerprint density at radius 2 is 2.10 bits per heavy atom. The second kappa shape index (κ2) is 6.49. The summed E-state index contributed by atoms with van der Waals surface area (Å²) in [6, 6.07) is 4.30. The lowest BCUT2D eigenvalue weighted by molar-refractivity contribution is -0.387. The monoisotopic (exact) mass is 295 g/mol. The zero-order valence-corrected chi connectivity index (χ0v) is 12.6. The van der Waals surface area contributed by atoms with Gasteiger partial charge in [0.2, 0.25) is 5.82 Å². The van der Waals surface area contributed by atoms with E-state index >= 15 is 0 Å². The molecule has 0 aromatic heterocycles. The minimum atomic E-state index is -0.733. The lowest BCUT2D eigenvalue weighted by Crippen LogP contribution is -2.41. The highest BCUT2D eigenvalue weighted by atomic mass is 19.1. The molecule has 6 heteroatoms. The Balaban J connectivity index is 1.92. The summed E-state index contributed by atoms with van der Waals surface area (Å²) in [5.41, 5.74) is 0.101. The van der Waals surface area contributed by atoms with Crippen molar-refractivity contribution < 1.29 is 9.31 Å². The molecule has 21 heavy (non-hydrogen) atoms. The number of hydrogen-bond donors (Lipinski definition) is 1. The first-order valence-corrected chi connectivity index (χ1v) is 7.22. The normalized spacial score (nSPS) is 18.6. The predicted octanol–water partition coefficient (Wildman–Crippen LogP) is 2.56. The maximum absolute atomic E-state index is 13.9. The molecule has 1 saturated heterocycles. The Morgan fingerprint density at radius 3 is 2.71 bits per heavy atom. The van der Waals surface area contributed by atoms with E-state index in [9.17, 15) is 14.5 Å². The molecule has 0 aliphatic carbocycles. The van der Waals surface area contributed by atoms with E-state index in [0.29, 0.717) is 12.1 Å². The van der Waals surface area contributed by atoms with Crippen LogP contribution in [0.4, 0.5) is 10.1 Å². The van der Waals surface area contributed by atoms with Crippen LogP contribution in [-0.4, -0.2) is 36.5 Å². The van der Waals surface area contributed by atoms with Crippen LogP contribution in [0.2, 0.25) is 0 Å². The van der Waals surface area contributed by atoms with Gasteiger partial charge in [0, 0.05) is 24.7 Å². The summed E-state index contributed by atoms with van der Waals surface area (Å²) in [4.78, 5) is 12.3. The fourth-order valence-corrected chi connectivity index (χ4v) is 2.68. The Kier molecular flexibility index (Phi) is 4.90. The van der Waals surface area contributed by atoms with Crippen molar-refractivity contribution in [2.24, 2.45) is 5.41 Å². The van der Waals surface area contributed by atoms with E-state index in [1.54, 1.807) is 6.07 Å². The molecular formula is C15H22FN3O2. The van der Waals surface area contributed by atoms with Crippen molar-refractivity contribution in [1.82, 2.24) is 10.2 Å². The van der Waals surface area contributed by atoms with Crippen molar-refractivity contribution in [3.63, 3.8) is 0 Å². The summed E-state index contributed by atoms with van der Waals surface area (Å²) >= 11 is 0. The number of hydrogen-bond acceptors (Lipinski definition) is 4. The number of likely N-dealkylation sites (tertiary alicyclic amines) is 1. The lowest BCUT2D eigenvalue weighted by atomic mass is 9.80. The number of nitrogens with zero attached hydrogens (tertiary/aromatic N) is 2. The van der Waals surface area contributed by atoms with Gasteiger partial charge in [-0.05, 0) is 38.4 Å². The van der Waals surface area contributed by atoms with E-state index in [1.165, 1.54) is 12.1 Å². The molecule has 1 aromatic carbocycles. The fourth-order valence-electron chi connectivity index (χ4n) is 2.68. The first-order chi connectivity index (χ1) is 9.91. The second-order valence-electron chi connectivity index (χ2n) is 6.22. The molecule has 1 aliphatic heterocycles. The van der Waals surface area contributed by atoms with E-state index in [-0.39, 0.29) is 5.41 Å². The van der Waals surface area contributed by atoms with Gasteiger partial charge in [-0.25, -0.2) is 0 Å². The Labute approximate surface area is 124 Å². The predicted molar refractivity (Wildman–Crippen MR) is 79.6 cm³/mol. The van der Waals surface area contributed by atoms with E-state index in [4.69, 9.17) is 0 Å². The van der Waals surface area contributed by atoms with Crippen LogP contribution < -0.4 is 5.32 Å². The van der Waals surface area contributed by atoms with E-state index < -0.39 is 16.4 Å². The molecule has 0 amide bonds. The summed E-state index contributed by atoms with van der Waals surface area (Å²) in [5.74, 6) is -0.733. The number of nitro groups is 1. The van der Waals surface area contributed by atoms with Gasteiger partial charge in [-0.3, -0.25) is 10.1 Å². The van der Waals surface area contributed by atoms with Crippen LogP contribution in [0.15, 0.2) is 18.2 Å². The lowest BCUT2D eigenvalue weighted by Gasteiger charge is -2.38. The number of halogens is 1. The van der Waals surface area contributed by atoms with Crippen LogP contribution in [-0.2, 0) is 6.54 Å². The van der Waals surface area contributed by atoms with Crippen LogP contribution in [0.1, 0.15) is 25.3 Å². The molecule has 0 atom stereocenters. The topological polar surface area (TPSA) is 58.4 Å². The zero-order valence-electron chi connectivity index (χ0n) is 12.6. The summed E-state index contributed by atoms with van der Waals surface area (Å²) in [6.45, 7) is 5.49. The SMILES string of the molecule is CN1CCC(C)(CNCc2cccc([N+](=O)[O-])c2F)CC1. The third-order valence-electron chi connectivity index (χ3n) is 4.32. The smallest absolute Gasteiger partial charge is 0.305 e. The van der Waals surface area contributed by atoms with Gasteiger partial charge in [0.25, 0.3) is 0 Å². The third kappa shape index (κ3) is 3.98. The first kappa shape index (κ1) is 15.9. The largest absolute Gasteiger partial charge is 0.312 e. The van der Waals surface area contributed by atoms with Gasteiger partial charge in [-0.2, -0.15) is 4.39 Å². The van der Waals surface area contributed by atoms with E-state index in [2.05, 4.69) is 24.2 Å². The maximum Gasteiger partial charge on any atom is 0.305 e. The minimum Gasteiger partial charge on any atom is -0.312 e. The van der Waals surface area contributed by atoms with Gasteiger partial charge in [-0.1, -0.05) is 19.1 Å². The summed E-state index contributed by atoms with van der Waals surface area (Å²) < 4.78 is 13.9. The van der Waals surface area contributed by atoms with Crippen LogP contribution in [0.3, 0.4) is 0 Å². The summed E-state index contributed by atoms with van der Waals surface area (Å²) in [7, 11) is 2.12. The molecule has 0 spiro atoms. The highest BCUT2D eigenvalue weighted by molar-refractivity contribution is 5.36. The van der Waals surface area contributed by atoms with Crippen LogP contribution in [0.25, 0.3) is 0 Å². The summed E-state index contributed by atoms with van der Waals surface area (Å²) in [5, 5.41) is 14.0. The molecule has 0 radical (unpaired) electrons. The Hall–Kier alpha value is -1.53. The molecule has 5 nitrogen and oxygen atoms in total. The van der Waals surface area contributed by atoms with Gasteiger partial charge in [0.15, 0.2) is 0 Å². The molecule has 0 unspecified atom stereocenters. The molecule has 116 valence electrons. The first-order valence-electron chi connectivity index (χ1n) is 7.22. The average Bonchev–Trinajstić information content (AvgIpc) is 2.44. The van der Waals surface area contributed by atoms with Crippen molar-refractivity contribution in [1.29, 1.82) is 0 Å². The molecule has 1 aliphatic rings. The number of piperidine rings is 1. The van der Waals surface area contributed by atoms with Gasteiger partial charge in [0.1, 0.15) is 0 Å². The number of nitro benzene ring substituents is 1. The molecule has 1 fully saturated rings. The van der Waals surface area contributed by atoms with Crippen LogP contribution >= 0.6 is 0 Å². The third-order valence-corrected chi connectivity index (χ3v) is 4.32. The van der Waals surface area contributed by atoms with Crippen molar-refractivity contribution in [3.05, 3.63) is 39.7 Å². The fraction of sp³-hybridized carbons (Fsp3) is 0.600. The van der Waals surface area contributed by atoms with Crippen LogP contribution in [0, 0.1) is 21.3 Å². The Bertz CT molecular complexity index is 514. The second-order valence-corrected chi connectivity index (χ2v) is 6.22. The number of rotatable bonds is 5. The standard InChI is InChI=1S/C15H22FN3O2/c1-15(6-8-18(2)9-7-15)11-17-10-12-4-3-5-13(14(12)16)19(20)21/h3-5,17H,6-11H2,1-2H3. The molecule has 1 N–H and O–H groups in total. The van der Waals surface area contributed by atoms with E-state index in [0.717, 1.165) is 32.5 Å². The highest BCUT2D eigenvalue weighted by Gasteiger charge is 2.28. The average molecular weight is 295 g/mol. The zero-order chi connectivity index (χ0) is 15.5. The maximum atomic E-state index is 13.9. The van der Waals surface area contributed by atoms with Gasteiger partial charge < -0.3 is 10.2 Å². The van der Waals surface area contributed by atoms with Gasteiger partial charge in [0.05, 0.1) is 4.92 Å². The number of benzene rings is 1. The minimum absolute atomic E-state index is 0.212. The molecule has 0 bridgehead atoms. The van der Waals surface area contributed by atoms with Crippen LogP contribution in [0.5, 0.6) is 0 Å². The molecule has 1 aromatic rings. The van der Waals surface area contributed by atoms with Gasteiger partial charge >= 0.3 is 5.69 Å². The molecule has 1 heterocycles. The molecule has 0 saturated carbocycles. The Morgan fingerprint density at radius 1 is 1.43 bits per heavy atom. The molecular weight excluding hydrogens is 273 g/mol. The quantitative estimate of drug-likeness (QED) is 0.670. The molecule has 2 rings (SSSR count). The van der Waals surface area contributed by atoms with Crippen molar-refractivity contribution >= 4 is 5.69 Å². The van der Waals surface area contributed by atoms with Crippen molar-refractivity contribution in [3.8, 4) is 0 Å². The van der Waals surface area contributed by atoms with Crippen molar-refractivity contribution in [2.75, 3.05) is 26.7 Å². The van der Waals surface area contributed by atoms with E-state index in [1.807, 2.05) is 0 Å².